The van der Waals surface area contributed by atoms with E-state index < -0.39 is 11.7 Å². The lowest BCUT2D eigenvalue weighted by molar-refractivity contribution is -0.137. The van der Waals surface area contributed by atoms with Gasteiger partial charge in [0, 0.05) is 43.4 Å². The van der Waals surface area contributed by atoms with E-state index in [1.807, 2.05) is 17.7 Å². The van der Waals surface area contributed by atoms with Crippen LogP contribution in [0.4, 0.5) is 24.9 Å². The average Bonchev–Trinajstić information content (AvgIpc) is 3.25. The molecular weight excluding hydrogens is 467 g/mol. The van der Waals surface area contributed by atoms with E-state index in [1.54, 1.807) is 18.5 Å². The molecule has 0 spiro atoms. The molecule has 4 atom stereocenters. The summed E-state index contributed by atoms with van der Waals surface area (Å²) in [6.45, 7) is 4.64. The van der Waals surface area contributed by atoms with Gasteiger partial charge < -0.3 is 10.2 Å². The summed E-state index contributed by atoms with van der Waals surface area (Å²) >= 11 is 0. The second kappa shape index (κ2) is 9.05. The topological polar surface area (TPSA) is 71.8 Å². The second-order valence-electron chi connectivity index (χ2n) is 10.4. The molecule has 2 fully saturated rings. The number of benzene rings is 1. The van der Waals surface area contributed by atoms with E-state index in [9.17, 15) is 13.2 Å². The summed E-state index contributed by atoms with van der Waals surface area (Å²) in [5.74, 6) is 3.37. The minimum absolute atomic E-state index is 0.0580. The Morgan fingerprint density at radius 1 is 0.972 bits per heavy atom. The standard InChI is InChI=1S/C26H30F3N7/c1-16-12-22(31-15-30-16)35-13-18-5-6-19(14-35)23(18)32-25-33-24-21(4-2-3-11-36(24)34-25)17-7-9-20(10-8-17)26(27,28)29/h7-10,12,15,18-19,21,23H,2-6,11,13-14H2,1H3,(H,32,34)/t18-,19?,21-,23?/m0/s1. The molecule has 3 aromatic rings. The van der Waals surface area contributed by atoms with Crippen LogP contribution in [0.15, 0.2) is 36.7 Å². The Kier molecular flexibility index (Phi) is 5.84. The van der Waals surface area contributed by atoms with Crippen LogP contribution < -0.4 is 10.2 Å². The first kappa shape index (κ1) is 23.2. The highest BCUT2D eigenvalue weighted by Crippen LogP contribution is 2.40. The fourth-order valence-electron chi connectivity index (χ4n) is 6.20. The number of piperidine rings is 1. The maximum absolute atomic E-state index is 13.1. The molecule has 1 N–H and O–H groups in total. The zero-order valence-corrected chi connectivity index (χ0v) is 20.2. The van der Waals surface area contributed by atoms with Gasteiger partial charge >= 0.3 is 6.18 Å². The Morgan fingerprint density at radius 2 is 1.72 bits per heavy atom. The monoisotopic (exact) mass is 497 g/mol. The largest absolute Gasteiger partial charge is 0.416 e. The molecule has 3 aliphatic rings. The van der Waals surface area contributed by atoms with Gasteiger partial charge in [0.1, 0.15) is 18.0 Å². The summed E-state index contributed by atoms with van der Waals surface area (Å²) in [7, 11) is 0. The minimum Gasteiger partial charge on any atom is -0.356 e. The van der Waals surface area contributed by atoms with Crippen LogP contribution in [0.2, 0.25) is 0 Å². The Hall–Kier alpha value is -3.17. The van der Waals surface area contributed by atoms with E-state index in [0.717, 1.165) is 74.6 Å². The summed E-state index contributed by atoms with van der Waals surface area (Å²) in [6, 6.07) is 7.88. The maximum Gasteiger partial charge on any atom is 0.416 e. The van der Waals surface area contributed by atoms with E-state index in [1.165, 1.54) is 12.1 Å². The highest BCUT2D eigenvalue weighted by molar-refractivity contribution is 5.42. The van der Waals surface area contributed by atoms with Crippen molar-refractivity contribution >= 4 is 11.8 Å². The molecule has 7 nitrogen and oxygen atoms in total. The Balaban J connectivity index is 1.20. The highest BCUT2D eigenvalue weighted by Gasteiger charge is 2.43. The molecule has 0 radical (unpaired) electrons. The van der Waals surface area contributed by atoms with Crippen LogP contribution in [0.25, 0.3) is 0 Å². The van der Waals surface area contributed by atoms with E-state index in [-0.39, 0.29) is 5.92 Å². The molecule has 36 heavy (non-hydrogen) atoms. The smallest absolute Gasteiger partial charge is 0.356 e. The zero-order chi connectivity index (χ0) is 24.9. The van der Waals surface area contributed by atoms with Gasteiger partial charge in [0.25, 0.3) is 0 Å². The lowest BCUT2D eigenvalue weighted by atomic mass is 9.92. The van der Waals surface area contributed by atoms with Crippen molar-refractivity contribution < 1.29 is 13.2 Å². The molecule has 4 heterocycles. The average molecular weight is 498 g/mol. The van der Waals surface area contributed by atoms with E-state index >= 15 is 0 Å². The molecule has 2 bridgehead atoms. The summed E-state index contributed by atoms with van der Waals surface area (Å²) in [4.78, 5) is 16.0. The van der Waals surface area contributed by atoms with Crippen LogP contribution in [-0.2, 0) is 12.7 Å². The molecule has 0 amide bonds. The lowest BCUT2D eigenvalue weighted by Gasteiger charge is -2.38. The van der Waals surface area contributed by atoms with Gasteiger partial charge in [-0.25, -0.2) is 14.6 Å². The third kappa shape index (κ3) is 4.41. The van der Waals surface area contributed by atoms with E-state index in [0.29, 0.717) is 23.8 Å². The quantitative estimate of drug-likeness (QED) is 0.545. The van der Waals surface area contributed by atoms with Crippen LogP contribution in [0.1, 0.15) is 60.7 Å². The molecule has 190 valence electrons. The predicted octanol–water partition coefficient (Wildman–Crippen LogP) is 5.04. The molecule has 1 saturated heterocycles. The maximum atomic E-state index is 13.1. The number of hydrogen-bond donors (Lipinski definition) is 1. The van der Waals surface area contributed by atoms with Gasteiger partial charge in [-0.1, -0.05) is 18.6 Å². The highest BCUT2D eigenvalue weighted by atomic mass is 19.4. The summed E-state index contributed by atoms with van der Waals surface area (Å²) in [6.07, 6.45) is 2.44. The molecule has 1 saturated carbocycles. The molecule has 2 aliphatic heterocycles. The van der Waals surface area contributed by atoms with Crippen molar-refractivity contribution in [3.8, 4) is 0 Å². The normalized spacial score (nSPS) is 25.9. The van der Waals surface area contributed by atoms with Gasteiger partial charge in [-0.3, -0.25) is 0 Å². The number of alkyl halides is 3. The molecule has 1 aliphatic carbocycles. The number of aromatic nitrogens is 5. The predicted molar refractivity (Wildman–Crippen MR) is 130 cm³/mol. The minimum atomic E-state index is -4.33. The van der Waals surface area contributed by atoms with Gasteiger partial charge in [-0.15, -0.1) is 5.10 Å². The first-order valence-corrected chi connectivity index (χ1v) is 12.8. The first-order valence-electron chi connectivity index (χ1n) is 12.8. The third-order valence-electron chi connectivity index (χ3n) is 8.01. The molecule has 2 aromatic heterocycles. The number of hydrogen-bond acceptors (Lipinski definition) is 6. The number of rotatable bonds is 4. The number of aryl methyl sites for hydroxylation is 2. The fourth-order valence-corrected chi connectivity index (χ4v) is 6.20. The molecule has 10 heteroatoms. The van der Waals surface area contributed by atoms with Crippen molar-refractivity contribution in [1.29, 1.82) is 0 Å². The Bertz CT molecular complexity index is 1210. The Morgan fingerprint density at radius 3 is 2.42 bits per heavy atom. The number of nitrogens with one attached hydrogen (secondary N) is 1. The van der Waals surface area contributed by atoms with Crippen molar-refractivity contribution in [2.75, 3.05) is 23.3 Å². The Labute approximate surface area is 208 Å². The lowest BCUT2D eigenvalue weighted by Crippen LogP contribution is -2.48. The SMILES string of the molecule is Cc1cc(N2CC3CC[C@@H](C2)C3Nc2nc3n(n2)CCCC[C@H]3c2ccc(C(F)(F)F)cc2)ncn1. The van der Waals surface area contributed by atoms with Gasteiger partial charge in [0.2, 0.25) is 5.95 Å². The van der Waals surface area contributed by atoms with Crippen molar-refractivity contribution in [2.45, 2.75) is 63.7 Å². The van der Waals surface area contributed by atoms with Crippen molar-refractivity contribution in [3.63, 3.8) is 0 Å². The number of halogens is 3. The van der Waals surface area contributed by atoms with Crippen LogP contribution in [-0.4, -0.2) is 43.9 Å². The first-order chi connectivity index (χ1) is 17.3. The van der Waals surface area contributed by atoms with Crippen LogP contribution in [0.5, 0.6) is 0 Å². The molecule has 2 unspecified atom stereocenters. The molecular formula is C26H30F3N7. The molecule has 6 rings (SSSR count). The summed E-state index contributed by atoms with van der Waals surface area (Å²) < 4.78 is 41.1. The number of fused-ring (bicyclic) bond motifs is 3. The third-order valence-corrected chi connectivity index (χ3v) is 8.01. The van der Waals surface area contributed by atoms with Gasteiger partial charge in [-0.05, 0) is 62.1 Å². The second-order valence-corrected chi connectivity index (χ2v) is 10.4. The van der Waals surface area contributed by atoms with Crippen LogP contribution in [0, 0.1) is 18.8 Å². The summed E-state index contributed by atoms with van der Waals surface area (Å²) in [5.41, 5.74) is 1.21. The fraction of sp³-hybridized carbons (Fsp3) is 0.538. The van der Waals surface area contributed by atoms with E-state index in [4.69, 9.17) is 10.1 Å². The van der Waals surface area contributed by atoms with Crippen molar-refractivity contribution in [1.82, 2.24) is 24.7 Å². The van der Waals surface area contributed by atoms with Crippen LogP contribution in [0.3, 0.4) is 0 Å². The van der Waals surface area contributed by atoms with Gasteiger partial charge in [0.15, 0.2) is 0 Å². The number of nitrogens with zero attached hydrogens (tertiary/aromatic N) is 6. The zero-order valence-electron chi connectivity index (χ0n) is 20.2. The van der Waals surface area contributed by atoms with Gasteiger partial charge in [-0.2, -0.15) is 18.2 Å². The van der Waals surface area contributed by atoms with Crippen molar-refractivity contribution in [3.05, 3.63) is 59.3 Å². The van der Waals surface area contributed by atoms with E-state index in [2.05, 4.69) is 20.2 Å². The number of anilines is 2. The van der Waals surface area contributed by atoms with Gasteiger partial charge in [0.05, 0.1) is 5.56 Å². The van der Waals surface area contributed by atoms with Crippen LogP contribution >= 0.6 is 0 Å². The van der Waals surface area contributed by atoms with Crippen molar-refractivity contribution in [2.24, 2.45) is 11.8 Å². The summed E-state index contributed by atoms with van der Waals surface area (Å²) in [5, 5.41) is 8.46. The molecule has 1 aromatic carbocycles.